The Bertz CT molecular complexity index is 1610. The normalized spacial score (nSPS) is 13.0. The second-order valence-corrected chi connectivity index (χ2v) is 10.4. The van der Waals surface area contributed by atoms with Crippen molar-refractivity contribution in [3.8, 4) is 17.3 Å². The van der Waals surface area contributed by atoms with Crippen LogP contribution in [0.3, 0.4) is 0 Å². The summed E-state index contributed by atoms with van der Waals surface area (Å²) >= 11 is 0. The van der Waals surface area contributed by atoms with E-state index in [0.717, 1.165) is 17.8 Å². The molecule has 1 unspecified atom stereocenters. The van der Waals surface area contributed by atoms with Gasteiger partial charge in [-0.05, 0) is 30.7 Å². The molecule has 2 N–H and O–H groups in total. The molecule has 0 aliphatic heterocycles. The Kier molecular flexibility index (Phi) is 7.39. The number of sulfonamides is 1. The lowest BCUT2D eigenvalue weighted by molar-refractivity contribution is -0.137. The van der Waals surface area contributed by atoms with E-state index >= 15 is 0 Å². The zero-order valence-electron chi connectivity index (χ0n) is 20.7. The van der Waals surface area contributed by atoms with Gasteiger partial charge in [-0.15, -0.1) is 0 Å². The van der Waals surface area contributed by atoms with E-state index in [2.05, 4.69) is 25.3 Å². The van der Waals surface area contributed by atoms with Crippen molar-refractivity contribution in [3.05, 3.63) is 65.6 Å². The topological polar surface area (TPSA) is 128 Å². The summed E-state index contributed by atoms with van der Waals surface area (Å²) in [6.07, 6.45) is -1.11. The summed E-state index contributed by atoms with van der Waals surface area (Å²) in [4.78, 5) is 15.4. The molecule has 3 heterocycles. The fraction of sp³-hybridized carbons (Fsp3) is 0.280. The number of aromatic amines is 1. The second kappa shape index (κ2) is 10.4. The molecule has 198 valence electrons. The van der Waals surface area contributed by atoms with Crippen molar-refractivity contribution in [1.82, 2.24) is 24.2 Å². The van der Waals surface area contributed by atoms with Crippen LogP contribution in [0, 0.1) is 11.3 Å². The van der Waals surface area contributed by atoms with Gasteiger partial charge in [0.2, 0.25) is 16.0 Å². The molecule has 0 saturated heterocycles. The number of benzene rings is 1. The van der Waals surface area contributed by atoms with Crippen molar-refractivity contribution >= 4 is 27.0 Å². The largest absolute Gasteiger partial charge is 0.417 e. The molecule has 13 heteroatoms. The Balaban J connectivity index is 1.64. The molecule has 0 spiro atoms. The summed E-state index contributed by atoms with van der Waals surface area (Å²) in [5.41, 5.74) is 0.552. The van der Waals surface area contributed by atoms with Crippen LogP contribution in [-0.4, -0.2) is 45.7 Å². The zero-order chi connectivity index (χ0) is 27.7. The average Bonchev–Trinajstić information content (AvgIpc) is 3.32. The van der Waals surface area contributed by atoms with Crippen LogP contribution in [0.2, 0.25) is 0 Å². The van der Waals surface area contributed by atoms with E-state index in [9.17, 15) is 26.9 Å². The number of pyridine rings is 1. The number of aromatic nitrogens is 4. The number of hydrogen-bond acceptors (Lipinski definition) is 7. The van der Waals surface area contributed by atoms with Crippen LogP contribution >= 0.6 is 0 Å². The molecule has 38 heavy (non-hydrogen) atoms. The quantitative estimate of drug-likeness (QED) is 0.316. The van der Waals surface area contributed by atoms with Crippen molar-refractivity contribution in [1.29, 1.82) is 5.26 Å². The summed E-state index contributed by atoms with van der Waals surface area (Å²) in [6.45, 7) is 6.09. The molecule has 0 fully saturated rings. The highest BCUT2D eigenvalue weighted by Gasteiger charge is 2.32. The Morgan fingerprint density at radius 2 is 1.82 bits per heavy atom. The first-order valence-corrected chi connectivity index (χ1v) is 13.1. The first-order chi connectivity index (χ1) is 18.0. The zero-order valence-corrected chi connectivity index (χ0v) is 21.5. The smallest absolute Gasteiger partial charge is 0.348 e. The van der Waals surface area contributed by atoms with E-state index in [4.69, 9.17) is 0 Å². The minimum absolute atomic E-state index is 0.0764. The molecular formula is C25H24F3N7O2S. The van der Waals surface area contributed by atoms with Crippen LogP contribution in [0.1, 0.15) is 43.5 Å². The van der Waals surface area contributed by atoms with Gasteiger partial charge in [0.25, 0.3) is 0 Å². The number of anilines is 1. The Morgan fingerprint density at radius 3 is 2.42 bits per heavy atom. The van der Waals surface area contributed by atoms with Gasteiger partial charge >= 0.3 is 6.18 Å². The Hall–Kier alpha value is -4.02. The number of H-pyrrole nitrogens is 1. The van der Waals surface area contributed by atoms with Gasteiger partial charge in [0.1, 0.15) is 11.7 Å². The summed E-state index contributed by atoms with van der Waals surface area (Å²) in [5, 5.41) is 12.8. The van der Waals surface area contributed by atoms with Crippen LogP contribution in [0.4, 0.5) is 19.1 Å². The van der Waals surface area contributed by atoms with Gasteiger partial charge in [0.05, 0.1) is 34.0 Å². The van der Waals surface area contributed by atoms with Crippen LogP contribution in [0.15, 0.2) is 53.8 Å². The van der Waals surface area contributed by atoms with E-state index in [1.54, 1.807) is 26.0 Å². The number of fused-ring (bicyclic) bond motifs is 1. The molecule has 1 atom stereocenters. The number of alkyl halides is 3. The monoisotopic (exact) mass is 543 g/mol. The van der Waals surface area contributed by atoms with Crippen molar-refractivity contribution in [2.24, 2.45) is 0 Å². The van der Waals surface area contributed by atoms with Crippen molar-refractivity contribution in [2.45, 2.75) is 37.9 Å². The molecule has 0 aliphatic rings. The number of hydrogen-bond donors (Lipinski definition) is 2. The van der Waals surface area contributed by atoms with E-state index in [1.165, 1.54) is 28.8 Å². The lowest BCUT2D eigenvalue weighted by atomic mass is 10.1. The third-order valence-electron chi connectivity index (χ3n) is 6.09. The number of nitriles is 1. The lowest BCUT2D eigenvalue weighted by Gasteiger charge is -2.19. The summed E-state index contributed by atoms with van der Waals surface area (Å²) in [5.74, 6) is 0.139. The molecule has 4 aromatic rings. The number of nitrogens with one attached hydrogen (secondary N) is 2. The third kappa shape index (κ3) is 5.18. The van der Waals surface area contributed by atoms with Crippen molar-refractivity contribution in [3.63, 3.8) is 0 Å². The predicted octanol–water partition coefficient (Wildman–Crippen LogP) is 5.11. The van der Waals surface area contributed by atoms with Crippen LogP contribution in [0.5, 0.6) is 0 Å². The van der Waals surface area contributed by atoms with Gasteiger partial charge in [-0.3, -0.25) is 0 Å². The maximum Gasteiger partial charge on any atom is 0.417 e. The highest BCUT2D eigenvalue weighted by Crippen LogP contribution is 2.35. The molecular weight excluding hydrogens is 519 g/mol. The molecule has 0 radical (unpaired) electrons. The summed E-state index contributed by atoms with van der Waals surface area (Å²) < 4.78 is 66.6. The number of halogens is 3. The molecule has 9 nitrogen and oxygen atoms in total. The van der Waals surface area contributed by atoms with E-state index in [0.29, 0.717) is 13.1 Å². The van der Waals surface area contributed by atoms with Gasteiger partial charge in [-0.25, -0.2) is 23.4 Å². The van der Waals surface area contributed by atoms with Crippen molar-refractivity contribution < 1.29 is 21.6 Å². The van der Waals surface area contributed by atoms with Gasteiger partial charge in [0, 0.05) is 36.4 Å². The van der Waals surface area contributed by atoms with Crippen LogP contribution in [-0.2, 0) is 16.2 Å². The van der Waals surface area contributed by atoms with Crippen LogP contribution < -0.4 is 5.32 Å². The number of rotatable bonds is 8. The molecule has 0 aliphatic carbocycles. The minimum Gasteiger partial charge on any atom is -0.348 e. The first kappa shape index (κ1) is 27.0. The maximum atomic E-state index is 13.3. The first-order valence-electron chi connectivity index (χ1n) is 11.7. The Morgan fingerprint density at radius 1 is 1.13 bits per heavy atom. The van der Waals surface area contributed by atoms with Gasteiger partial charge < -0.3 is 10.3 Å². The van der Waals surface area contributed by atoms with E-state index < -0.39 is 21.8 Å². The predicted molar refractivity (Wildman–Crippen MR) is 135 cm³/mol. The molecule has 1 aromatic carbocycles. The standard InChI is InChI=1S/C25H24F3N7O2S/c1-4-35(5-2)38(36,37)19-8-6-16(7-9-19)15(3)33-24-32-12-17(11-29)22(34-24)21-14-31-23-20(21)10-18(13-30-23)25(26,27)28/h6-10,12-15H,4-5H2,1-3H3,(H,30,31)(H,32,33,34). The third-order valence-corrected chi connectivity index (χ3v) is 8.16. The maximum absolute atomic E-state index is 13.3. The fourth-order valence-electron chi connectivity index (χ4n) is 4.01. The molecule has 0 amide bonds. The summed E-state index contributed by atoms with van der Waals surface area (Å²) in [7, 11) is -3.59. The van der Waals surface area contributed by atoms with Gasteiger partial charge in [-0.1, -0.05) is 26.0 Å². The summed E-state index contributed by atoms with van der Waals surface area (Å²) in [6, 6.07) is 9.00. The van der Waals surface area contributed by atoms with E-state index in [1.807, 2.05) is 13.0 Å². The Labute approximate surface area is 217 Å². The molecule has 4 rings (SSSR count). The molecule has 3 aromatic heterocycles. The highest BCUT2D eigenvalue weighted by atomic mass is 32.2. The second-order valence-electron chi connectivity index (χ2n) is 8.41. The minimum atomic E-state index is -4.58. The van der Waals surface area contributed by atoms with Gasteiger partial charge in [-0.2, -0.15) is 22.7 Å². The number of nitrogens with zero attached hydrogens (tertiary/aromatic N) is 5. The van der Waals surface area contributed by atoms with Crippen molar-refractivity contribution in [2.75, 3.05) is 18.4 Å². The van der Waals surface area contributed by atoms with Gasteiger partial charge in [0.15, 0.2) is 0 Å². The molecule has 0 saturated carbocycles. The average molecular weight is 544 g/mol. The fourth-order valence-corrected chi connectivity index (χ4v) is 5.47. The van der Waals surface area contributed by atoms with Crippen LogP contribution in [0.25, 0.3) is 22.3 Å². The molecule has 0 bridgehead atoms. The lowest BCUT2D eigenvalue weighted by Crippen LogP contribution is -2.30. The van der Waals surface area contributed by atoms with E-state index in [-0.39, 0.29) is 44.7 Å². The SMILES string of the molecule is CCN(CC)S(=O)(=O)c1ccc(C(C)Nc2ncc(C#N)c(-c3c[nH]c4ncc(C(F)(F)F)cc34)n2)cc1. The highest BCUT2D eigenvalue weighted by molar-refractivity contribution is 7.89.